The molecule has 0 spiro atoms. The van der Waals surface area contributed by atoms with Crippen molar-refractivity contribution < 1.29 is 22.3 Å². The number of anilines is 2. The Labute approximate surface area is 204 Å². The van der Waals surface area contributed by atoms with Crippen LogP contribution in [-0.4, -0.2) is 61.4 Å². The first kappa shape index (κ1) is 26.4. The molecule has 10 nitrogen and oxygen atoms in total. The van der Waals surface area contributed by atoms with Crippen molar-refractivity contribution in [3.05, 3.63) is 48.3 Å². The average molecular weight is 507 g/mol. The van der Waals surface area contributed by atoms with Gasteiger partial charge < -0.3 is 25.4 Å². The van der Waals surface area contributed by atoms with Gasteiger partial charge in [0, 0.05) is 46.0 Å². The highest BCUT2D eigenvalue weighted by molar-refractivity contribution is 7.91. The Balaban J connectivity index is 1.77. The molecule has 0 atom stereocenters. The topological polar surface area (TPSA) is 131 Å². The molecule has 1 heterocycles. The number of benzene rings is 2. The highest BCUT2D eigenvalue weighted by atomic mass is 32.2. The molecule has 35 heavy (non-hydrogen) atoms. The van der Waals surface area contributed by atoms with Crippen LogP contribution in [-0.2, 0) is 19.3 Å². The van der Waals surface area contributed by atoms with Crippen molar-refractivity contribution in [1.29, 1.82) is 0 Å². The molecule has 0 unspecified atom stereocenters. The molecule has 3 rings (SSSR count). The van der Waals surface area contributed by atoms with Crippen LogP contribution in [0.1, 0.15) is 12.8 Å². The van der Waals surface area contributed by atoms with Crippen molar-refractivity contribution in [3.63, 3.8) is 0 Å². The number of nitrogens with zero attached hydrogens (tertiary/aromatic N) is 3. The molecule has 0 aliphatic carbocycles. The first-order valence-electron chi connectivity index (χ1n) is 11.0. The molecule has 4 N–H and O–H groups in total. The second-order valence-corrected chi connectivity index (χ2v) is 9.84. The molecule has 0 bridgehead atoms. The van der Waals surface area contributed by atoms with E-state index in [1.165, 1.54) is 25.2 Å². The minimum atomic E-state index is -3.94. The van der Waals surface area contributed by atoms with Crippen molar-refractivity contribution in [2.45, 2.75) is 28.9 Å². The van der Waals surface area contributed by atoms with Crippen LogP contribution in [0.4, 0.5) is 15.8 Å². The van der Waals surface area contributed by atoms with Gasteiger partial charge in [0.25, 0.3) is 0 Å². The maximum Gasteiger partial charge on any atom is 0.216 e. The van der Waals surface area contributed by atoms with Crippen molar-refractivity contribution in [2.24, 2.45) is 21.7 Å². The smallest absolute Gasteiger partial charge is 0.216 e. The lowest BCUT2D eigenvalue weighted by Gasteiger charge is -2.36. The molecule has 1 aliphatic rings. The van der Waals surface area contributed by atoms with Gasteiger partial charge in [-0.3, -0.25) is 4.99 Å². The fraction of sp³-hybridized carbons (Fsp3) is 0.391. The third-order valence-electron chi connectivity index (χ3n) is 5.85. The second-order valence-electron chi connectivity index (χ2n) is 7.89. The average Bonchev–Trinajstić information content (AvgIpc) is 2.88. The summed E-state index contributed by atoms with van der Waals surface area (Å²) in [6, 6.07) is 10.4. The third kappa shape index (κ3) is 6.27. The van der Waals surface area contributed by atoms with E-state index in [9.17, 15) is 12.8 Å². The number of nitrogens with two attached hydrogens (primary N) is 1. The van der Waals surface area contributed by atoms with Gasteiger partial charge in [0.1, 0.15) is 12.2 Å². The molecule has 2 aromatic carbocycles. The van der Waals surface area contributed by atoms with E-state index in [2.05, 4.69) is 25.7 Å². The summed E-state index contributed by atoms with van der Waals surface area (Å²) in [5.74, 6) is -0.339. The molecule has 0 aromatic heterocycles. The summed E-state index contributed by atoms with van der Waals surface area (Å²) in [4.78, 5) is 5.96. The third-order valence-corrected chi connectivity index (χ3v) is 7.60. The Morgan fingerprint density at radius 2 is 1.86 bits per heavy atom. The zero-order valence-corrected chi connectivity index (χ0v) is 20.8. The summed E-state index contributed by atoms with van der Waals surface area (Å²) in [5, 5.41) is 6.31. The van der Waals surface area contributed by atoms with Gasteiger partial charge in [-0.2, -0.15) is 5.10 Å². The number of aliphatic imine (C=N–C) groups is 1. The predicted molar refractivity (Wildman–Crippen MR) is 134 cm³/mol. The normalized spacial score (nSPS) is 15.7. The largest absolute Gasteiger partial charge is 0.388 e. The first-order chi connectivity index (χ1) is 16.8. The van der Waals surface area contributed by atoms with Crippen LogP contribution in [0.25, 0.3) is 0 Å². The monoisotopic (exact) mass is 506 g/mol. The molecule has 1 fully saturated rings. The van der Waals surface area contributed by atoms with E-state index in [0.29, 0.717) is 0 Å². The van der Waals surface area contributed by atoms with Gasteiger partial charge in [0.05, 0.1) is 15.5 Å². The minimum absolute atomic E-state index is 0.0336. The van der Waals surface area contributed by atoms with E-state index in [1.807, 2.05) is 6.07 Å². The number of hydrazone groups is 1. The number of nitrogens with one attached hydrogen (secondary N) is 2. The number of guanidine groups is 1. The lowest BCUT2D eigenvalue weighted by Crippen LogP contribution is -2.39. The Kier molecular flexibility index (Phi) is 9.01. The molecule has 0 radical (unpaired) electrons. The molecule has 1 aliphatic heterocycles. The zero-order valence-electron chi connectivity index (χ0n) is 19.9. The standard InChI is InChI=1S/C23H31FN6O4S/c1-26-23(29-27-15-25)28-21-8-7-19(14-20(21)24)35(31,32)18-6-4-5-17(13-18)30-11-9-16(10-12-30)22(33-2)34-3/h4-8,13-16,22H,9-12H2,1-3H3,(H2,25,27)(H2,26,28,29). The quantitative estimate of drug-likeness (QED) is 0.215. The summed E-state index contributed by atoms with van der Waals surface area (Å²) >= 11 is 0. The molecule has 12 heteroatoms. The van der Waals surface area contributed by atoms with E-state index in [-0.39, 0.29) is 33.6 Å². The summed E-state index contributed by atoms with van der Waals surface area (Å²) in [6.45, 7) is 1.49. The highest BCUT2D eigenvalue weighted by Crippen LogP contribution is 2.30. The summed E-state index contributed by atoms with van der Waals surface area (Å²) in [5.41, 5.74) is 8.50. The van der Waals surface area contributed by atoms with Crippen LogP contribution in [0.2, 0.25) is 0 Å². The van der Waals surface area contributed by atoms with Crippen LogP contribution in [0.15, 0.2) is 62.3 Å². The van der Waals surface area contributed by atoms with E-state index in [0.717, 1.165) is 44.0 Å². The van der Waals surface area contributed by atoms with Crippen LogP contribution in [0.5, 0.6) is 0 Å². The van der Waals surface area contributed by atoms with E-state index in [4.69, 9.17) is 15.2 Å². The maximum absolute atomic E-state index is 14.7. The van der Waals surface area contributed by atoms with Gasteiger partial charge in [0.15, 0.2) is 6.29 Å². The van der Waals surface area contributed by atoms with Crippen molar-refractivity contribution in [3.8, 4) is 0 Å². The number of hydrogen-bond donors (Lipinski definition) is 3. The van der Waals surface area contributed by atoms with Crippen LogP contribution in [0.3, 0.4) is 0 Å². The Hall–Kier alpha value is -3.22. The Morgan fingerprint density at radius 3 is 2.46 bits per heavy atom. The fourth-order valence-corrected chi connectivity index (χ4v) is 5.33. The number of hydrogen-bond acceptors (Lipinski definition) is 7. The number of methoxy groups -OCH3 is 2. The number of rotatable bonds is 8. The van der Waals surface area contributed by atoms with Gasteiger partial charge in [-0.05, 0) is 49.2 Å². The Morgan fingerprint density at radius 1 is 1.17 bits per heavy atom. The number of halogens is 1. The van der Waals surface area contributed by atoms with Crippen LogP contribution in [0, 0.1) is 11.7 Å². The molecule has 190 valence electrons. The molecule has 0 saturated carbocycles. The van der Waals surface area contributed by atoms with E-state index < -0.39 is 15.7 Å². The number of ether oxygens (including phenoxy) is 2. The lowest BCUT2D eigenvalue weighted by molar-refractivity contribution is -0.141. The van der Waals surface area contributed by atoms with Gasteiger partial charge >= 0.3 is 0 Å². The van der Waals surface area contributed by atoms with Crippen molar-refractivity contribution in [1.82, 2.24) is 5.43 Å². The number of sulfone groups is 1. The van der Waals surface area contributed by atoms with Gasteiger partial charge in [0.2, 0.25) is 15.8 Å². The first-order valence-corrected chi connectivity index (χ1v) is 12.5. The molecule has 2 aromatic rings. The minimum Gasteiger partial charge on any atom is -0.388 e. The zero-order chi connectivity index (χ0) is 25.4. The fourth-order valence-electron chi connectivity index (χ4n) is 4.02. The summed E-state index contributed by atoms with van der Waals surface area (Å²) in [6.07, 6.45) is 2.49. The molecule has 0 amide bonds. The van der Waals surface area contributed by atoms with Crippen LogP contribution >= 0.6 is 0 Å². The van der Waals surface area contributed by atoms with Gasteiger partial charge in [-0.25, -0.2) is 18.2 Å². The van der Waals surface area contributed by atoms with Gasteiger partial charge in [-0.15, -0.1) is 0 Å². The maximum atomic E-state index is 14.7. The summed E-state index contributed by atoms with van der Waals surface area (Å²) < 4.78 is 52.0. The van der Waals surface area contributed by atoms with Gasteiger partial charge in [-0.1, -0.05) is 6.07 Å². The predicted octanol–water partition coefficient (Wildman–Crippen LogP) is 2.38. The van der Waals surface area contributed by atoms with Crippen molar-refractivity contribution >= 4 is 33.5 Å². The SMILES string of the molecule is CN=C(N/N=C/N)Nc1ccc(S(=O)(=O)c2cccc(N3CCC(C(OC)OC)CC3)c2)cc1F. The van der Waals surface area contributed by atoms with E-state index >= 15 is 0 Å². The summed E-state index contributed by atoms with van der Waals surface area (Å²) in [7, 11) is 0.791. The molecule has 1 saturated heterocycles. The lowest BCUT2D eigenvalue weighted by atomic mass is 9.95. The molecular formula is C23H31FN6O4S. The highest BCUT2D eigenvalue weighted by Gasteiger charge is 2.27. The van der Waals surface area contributed by atoms with Crippen molar-refractivity contribution in [2.75, 3.05) is 44.6 Å². The number of piperidine rings is 1. The molecular weight excluding hydrogens is 475 g/mol. The van der Waals surface area contributed by atoms with E-state index in [1.54, 1.807) is 26.4 Å². The second kappa shape index (κ2) is 12.0. The Bertz CT molecular complexity index is 1160. The van der Waals surface area contributed by atoms with Crippen LogP contribution < -0.4 is 21.4 Å².